The van der Waals surface area contributed by atoms with E-state index in [9.17, 15) is 9.18 Å². The maximum Gasteiger partial charge on any atom is 0.321 e. The lowest BCUT2D eigenvalue weighted by molar-refractivity contribution is 0.149. The minimum Gasteiger partial charge on any atom is -0.332 e. The van der Waals surface area contributed by atoms with Gasteiger partial charge in [0, 0.05) is 31.2 Å². The number of imidazole rings is 1. The molecule has 0 unspecified atom stereocenters. The number of carbonyl (C=O) groups is 1. The van der Waals surface area contributed by atoms with E-state index in [1.165, 1.54) is 12.1 Å². The fraction of sp³-hybridized carbons (Fsp3) is 0.375. The number of anilines is 1. The monoisotopic (exact) mass is 302 g/mol. The molecule has 22 heavy (non-hydrogen) atoms. The Hall–Kier alpha value is -2.37. The predicted octanol–water partition coefficient (Wildman–Crippen LogP) is 3.14. The quantitative estimate of drug-likeness (QED) is 0.926. The number of aromatic nitrogens is 2. The van der Waals surface area contributed by atoms with Crippen LogP contribution in [-0.4, -0.2) is 33.6 Å². The molecule has 0 bridgehead atoms. The topological polar surface area (TPSA) is 50.2 Å². The second kappa shape index (κ2) is 6.17. The number of nitrogens with zero attached hydrogens (tertiary/aromatic N) is 3. The Bertz CT molecular complexity index is 643. The van der Waals surface area contributed by atoms with Gasteiger partial charge in [-0.1, -0.05) is 13.0 Å². The third-order valence-corrected chi connectivity index (χ3v) is 4.19. The van der Waals surface area contributed by atoms with Crippen LogP contribution in [0.4, 0.5) is 14.9 Å². The standard InChI is InChI=1S/C16H19FN4O/c1-12-5-7-20(10-15(12)21-8-6-18-11-21)16(22)19-14-4-2-3-13(17)9-14/h2-4,6,8-9,11-12,15H,5,7,10H2,1H3,(H,19,22)/t12-,15+/m0/s1. The van der Waals surface area contributed by atoms with Crippen LogP contribution in [0, 0.1) is 11.7 Å². The van der Waals surface area contributed by atoms with Crippen molar-refractivity contribution in [1.82, 2.24) is 14.5 Å². The van der Waals surface area contributed by atoms with Crippen molar-refractivity contribution in [2.75, 3.05) is 18.4 Å². The van der Waals surface area contributed by atoms with Gasteiger partial charge in [-0.25, -0.2) is 14.2 Å². The minimum atomic E-state index is -0.360. The summed E-state index contributed by atoms with van der Waals surface area (Å²) in [7, 11) is 0. The summed E-state index contributed by atoms with van der Waals surface area (Å²) in [6.07, 6.45) is 6.39. The number of likely N-dealkylation sites (tertiary alicyclic amines) is 1. The van der Waals surface area contributed by atoms with Crippen molar-refractivity contribution < 1.29 is 9.18 Å². The summed E-state index contributed by atoms with van der Waals surface area (Å²) in [5.74, 6) is 0.119. The zero-order chi connectivity index (χ0) is 15.5. The van der Waals surface area contributed by atoms with Crippen molar-refractivity contribution in [2.24, 2.45) is 5.92 Å². The molecule has 0 saturated carbocycles. The van der Waals surface area contributed by atoms with Crippen LogP contribution >= 0.6 is 0 Å². The Morgan fingerprint density at radius 3 is 3.05 bits per heavy atom. The van der Waals surface area contributed by atoms with E-state index in [0.717, 1.165) is 6.42 Å². The second-order valence-corrected chi connectivity index (χ2v) is 5.73. The summed E-state index contributed by atoms with van der Waals surface area (Å²) in [4.78, 5) is 18.2. The molecule has 1 aliphatic rings. The molecule has 2 atom stereocenters. The summed E-state index contributed by atoms with van der Waals surface area (Å²) in [6.45, 7) is 3.51. The molecule has 2 aromatic rings. The summed E-state index contributed by atoms with van der Waals surface area (Å²) in [5, 5.41) is 2.76. The Morgan fingerprint density at radius 1 is 1.45 bits per heavy atom. The van der Waals surface area contributed by atoms with E-state index < -0.39 is 0 Å². The molecule has 1 saturated heterocycles. The molecular weight excluding hydrogens is 283 g/mol. The molecule has 1 aromatic carbocycles. The van der Waals surface area contributed by atoms with Crippen molar-refractivity contribution >= 4 is 11.7 Å². The fourth-order valence-corrected chi connectivity index (χ4v) is 2.86. The molecule has 1 N–H and O–H groups in total. The van der Waals surface area contributed by atoms with Gasteiger partial charge in [0.25, 0.3) is 0 Å². The van der Waals surface area contributed by atoms with Crippen molar-refractivity contribution in [3.8, 4) is 0 Å². The highest BCUT2D eigenvalue weighted by atomic mass is 19.1. The molecule has 1 fully saturated rings. The van der Waals surface area contributed by atoms with E-state index in [0.29, 0.717) is 24.7 Å². The highest BCUT2D eigenvalue weighted by molar-refractivity contribution is 5.89. The van der Waals surface area contributed by atoms with Gasteiger partial charge < -0.3 is 14.8 Å². The Morgan fingerprint density at radius 2 is 2.32 bits per heavy atom. The van der Waals surface area contributed by atoms with Gasteiger partial charge in [-0.3, -0.25) is 0 Å². The van der Waals surface area contributed by atoms with Crippen molar-refractivity contribution in [1.29, 1.82) is 0 Å². The lowest BCUT2D eigenvalue weighted by Crippen LogP contribution is -2.45. The van der Waals surface area contributed by atoms with E-state index in [-0.39, 0.29) is 17.9 Å². The molecule has 5 nitrogen and oxygen atoms in total. The molecule has 6 heteroatoms. The van der Waals surface area contributed by atoms with E-state index >= 15 is 0 Å². The average molecular weight is 302 g/mol. The van der Waals surface area contributed by atoms with Gasteiger partial charge in [0.05, 0.1) is 12.4 Å². The van der Waals surface area contributed by atoms with Crippen LogP contribution in [0.3, 0.4) is 0 Å². The zero-order valence-corrected chi connectivity index (χ0v) is 12.4. The van der Waals surface area contributed by atoms with Gasteiger partial charge in [-0.2, -0.15) is 0 Å². The maximum atomic E-state index is 13.2. The fourth-order valence-electron chi connectivity index (χ4n) is 2.86. The predicted molar refractivity (Wildman–Crippen MR) is 82.0 cm³/mol. The first-order chi connectivity index (χ1) is 10.6. The lowest BCUT2D eigenvalue weighted by Gasteiger charge is -2.37. The van der Waals surface area contributed by atoms with Gasteiger partial charge in [0.2, 0.25) is 0 Å². The maximum absolute atomic E-state index is 13.2. The summed E-state index contributed by atoms with van der Waals surface area (Å²) in [5.41, 5.74) is 0.475. The summed E-state index contributed by atoms with van der Waals surface area (Å²) >= 11 is 0. The number of benzene rings is 1. The second-order valence-electron chi connectivity index (χ2n) is 5.73. The molecule has 1 aliphatic heterocycles. The molecule has 116 valence electrons. The van der Waals surface area contributed by atoms with Gasteiger partial charge in [0.1, 0.15) is 5.82 Å². The number of hydrogen-bond donors (Lipinski definition) is 1. The van der Waals surface area contributed by atoms with Gasteiger partial charge >= 0.3 is 6.03 Å². The first kappa shape index (κ1) is 14.6. The van der Waals surface area contributed by atoms with Crippen LogP contribution < -0.4 is 5.32 Å². The highest BCUT2D eigenvalue weighted by Gasteiger charge is 2.29. The number of piperidine rings is 1. The Labute approximate surface area is 128 Å². The van der Waals surface area contributed by atoms with Crippen LogP contribution in [0.25, 0.3) is 0 Å². The van der Waals surface area contributed by atoms with Crippen LogP contribution in [0.1, 0.15) is 19.4 Å². The number of nitrogens with one attached hydrogen (secondary N) is 1. The number of hydrogen-bond acceptors (Lipinski definition) is 2. The molecule has 1 aromatic heterocycles. The molecule has 2 heterocycles. The summed E-state index contributed by atoms with van der Waals surface area (Å²) < 4.78 is 15.2. The van der Waals surface area contributed by atoms with E-state index in [4.69, 9.17) is 0 Å². The van der Waals surface area contributed by atoms with Crippen LogP contribution in [-0.2, 0) is 0 Å². The minimum absolute atomic E-state index is 0.192. The van der Waals surface area contributed by atoms with Gasteiger partial charge in [-0.05, 0) is 30.5 Å². The van der Waals surface area contributed by atoms with Gasteiger partial charge in [0.15, 0.2) is 0 Å². The third kappa shape index (κ3) is 3.10. The summed E-state index contributed by atoms with van der Waals surface area (Å²) in [6, 6.07) is 5.96. The average Bonchev–Trinajstić information content (AvgIpc) is 3.01. The molecule has 2 amide bonds. The largest absolute Gasteiger partial charge is 0.332 e. The highest BCUT2D eigenvalue weighted by Crippen LogP contribution is 2.27. The Kier molecular flexibility index (Phi) is 4.09. The number of halogens is 1. The molecule has 0 radical (unpaired) electrons. The van der Waals surface area contributed by atoms with Crippen LogP contribution in [0.15, 0.2) is 43.0 Å². The molecule has 3 rings (SSSR count). The molecule has 0 spiro atoms. The lowest BCUT2D eigenvalue weighted by atomic mass is 9.93. The Balaban J connectivity index is 1.68. The van der Waals surface area contributed by atoms with Crippen LogP contribution in [0.2, 0.25) is 0 Å². The normalized spacial score (nSPS) is 21.6. The number of rotatable bonds is 2. The van der Waals surface area contributed by atoms with E-state index in [1.807, 2.05) is 10.8 Å². The van der Waals surface area contributed by atoms with E-state index in [1.54, 1.807) is 29.6 Å². The first-order valence-electron chi connectivity index (χ1n) is 7.42. The third-order valence-electron chi connectivity index (χ3n) is 4.19. The SMILES string of the molecule is C[C@H]1CCN(C(=O)Nc2cccc(F)c2)C[C@H]1n1ccnc1. The van der Waals surface area contributed by atoms with Crippen LogP contribution in [0.5, 0.6) is 0 Å². The smallest absolute Gasteiger partial charge is 0.321 e. The van der Waals surface area contributed by atoms with Gasteiger partial charge in [-0.15, -0.1) is 0 Å². The number of carbonyl (C=O) groups excluding carboxylic acids is 1. The van der Waals surface area contributed by atoms with E-state index in [2.05, 4.69) is 17.2 Å². The number of urea groups is 1. The molecule has 0 aliphatic carbocycles. The van der Waals surface area contributed by atoms with Crippen molar-refractivity contribution in [2.45, 2.75) is 19.4 Å². The molecular formula is C16H19FN4O. The first-order valence-corrected chi connectivity index (χ1v) is 7.42. The zero-order valence-electron chi connectivity index (χ0n) is 12.4. The van der Waals surface area contributed by atoms with Crippen molar-refractivity contribution in [3.05, 3.63) is 48.8 Å². The number of amides is 2. The van der Waals surface area contributed by atoms with Crippen molar-refractivity contribution in [3.63, 3.8) is 0 Å².